The van der Waals surface area contributed by atoms with E-state index in [4.69, 9.17) is 0 Å². The van der Waals surface area contributed by atoms with Crippen molar-refractivity contribution in [3.63, 3.8) is 0 Å². The van der Waals surface area contributed by atoms with Crippen LogP contribution in [0.5, 0.6) is 0 Å². The Morgan fingerprint density at radius 1 is 1.30 bits per heavy atom. The highest BCUT2D eigenvalue weighted by Gasteiger charge is 2.17. The fraction of sp³-hybridized carbons (Fsp3) is 0.647. The minimum absolute atomic E-state index is 0.0809. The minimum Gasteiger partial charge on any atom is -0.369 e. The lowest BCUT2D eigenvalue weighted by molar-refractivity contribution is 0.520. The summed E-state index contributed by atoms with van der Waals surface area (Å²) in [5.74, 6) is 0.681. The van der Waals surface area contributed by atoms with Gasteiger partial charge in [0, 0.05) is 25.7 Å². The van der Waals surface area contributed by atoms with Crippen LogP contribution >= 0.6 is 0 Å². The number of halogens is 1. The molecule has 0 radical (unpaired) electrons. The number of nitrogens with zero attached hydrogens (tertiary/aromatic N) is 1. The van der Waals surface area contributed by atoms with Crippen LogP contribution in [0.25, 0.3) is 0 Å². The molecule has 1 saturated heterocycles. The van der Waals surface area contributed by atoms with Crippen molar-refractivity contribution >= 4 is 5.69 Å². The maximum Gasteiger partial charge on any atom is 0.146 e. The Hall–Kier alpha value is -1.09. The molecule has 20 heavy (non-hydrogen) atoms. The molecule has 0 bridgehead atoms. The molecule has 0 saturated carbocycles. The van der Waals surface area contributed by atoms with Gasteiger partial charge in [-0.15, -0.1) is 0 Å². The average molecular weight is 278 g/mol. The van der Waals surface area contributed by atoms with Crippen LogP contribution in [0.1, 0.15) is 45.6 Å². The van der Waals surface area contributed by atoms with E-state index in [1.165, 1.54) is 6.42 Å². The highest BCUT2D eigenvalue weighted by molar-refractivity contribution is 5.49. The van der Waals surface area contributed by atoms with Crippen molar-refractivity contribution in [2.45, 2.75) is 52.6 Å². The van der Waals surface area contributed by atoms with E-state index >= 15 is 0 Å². The summed E-state index contributed by atoms with van der Waals surface area (Å²) in [7, 11) is 0. The lowest BCUT2D eigenvalue weighted by Crippen LogP contribution is -2.25. The molecule has 0 spiro atoms. The van der Waals surface area contributed by atoms with Gasteiger partial charge in [-0.2, -0.15) is 0 Å². The zero-order valence-corrected chi connectivity index (χ0v) is 13.0. The molecule has 0 amide bonds. The third-order valence-corrected chi connectivity index (χ3v) is 4.08. The predicted octanol–water partition coefficient (Wildman–Crippen LogP) is 3.95. The van der Waals surface area contributed by atoms with Gasteiger partial charge in [0.2, 0.25) is 0 Å². The smallest absolute Gasteiger partial charge is 0.146 e. The van der Waals surface area contributed by atoms with Crippen molar-refractivity contribution in [3.05, 3.63) is 29.6 Å². The summed E-state index contributed by atoms with van der Waals surface area (Å²) in [6, 6.07) is 6.09. The topological polar surface area (TPSA) is 15.3 Å². The Morgan fingerprint density at radius 3 is 2.80 bits per heavy atom. The standard InChI is InChI=1S/C17H27FN2/c1-13(2)19-12-15-6-7-17(16(18)11-15)20-9-4-5-14(3)8-10-20/h6-7,11,13-14,19H,4-5,8-10,12H2,1-3H3. The van der Waals surface area contributed by atoms with Crippen molar-refractivity contribution in [2.75, 3.05) is 18.0 Å². The van der Waals surface area contributed by atoms with Gasteiger partial charge < -0.3 is 10.2 Å². The van der Waals surface area contributed by atoms with Gasteiger partial charge in [-0.05, 0) is 42.9 Å². The molecule has 1 aliphatic heterocycles. The van der Waals surface area contributed by atoms with Crippen LogP contribution in [-0.4, -0.2) is 19.1 Å². The summed E-state index contributed by atoms with van der Waals surface area (Å²) in [6.45, 7) is 9.17. The molecule has 3 heteroatoms. The molecule has 1 aromatic carbocycles. The lowest BCUT2D eigenvalue weighted by Gasteiger charge is -2.23. The first-order valence-corrected chi connectivity index (χ1v) is 7.83. The van der Waals surface area contributed by atoms with Crippen molar-refractivity contribution in [2.24, 2.45) is 5.92 Å². The summed E-state index contributed by atoms with van der Waals surface area (Å²) < 4.78 is 14.3. The maximum atomic E-state index is 14.3. The van der Waals surface area contributed by atoms with Crippen LogP contribution in [0, 0.1) is 11.7 Å². The van der Waals surface area contributed by atoms with E-state index in [0.717, 1.165) is 49.6 Å². The molecule has 1 aliphatic rings. The number of hydrogen-bond acceptors (Lipinski definition) is 2. The van der Waals surface area contributed by atoms with Crippen LogP contribution in [-0.2, 0) is 6.54 Å². The molecule has 1 aromatic rings. The number of nitrogens with one attached hydrogen (secondary N) is 1. The largest absolute Gasteiger partial charge is 0.369 e. The van der Waals surface area contributed by atoms with E-state index in [0.29, 0.717) is 6.04 Å². The second kappa shape index (κ2) is 7.07. The van der Waals surface area contributed by atoms with E-state index in [-0.39, 0.29) is 5.82 Å². The molecular formula is C17H27FN2. The van der Waals surface area contributed by atoms with Crippen molar-refractivity contribution in [1.29, 1.82) is 0 Å². The second-order valence-corrected chi connectivity index (χ2v) is 6.34. The van der Waals surface area contributed by atoms with E-state index in [2.05, 4.69) is 31.0 Å². The van der Waals surface area contributed by atoms with Gasteiger partial charge in [0.05, 0.1) is 5.69 Å². The molecule has 1 heterocycles. The molecule has 1 atom stereocenters. The number of rotatable bonds is 4. The van der Waals surface area contributed by atoms with Crippen LogP contribution in [0.4, 0.5) is 10.1 Å². The Labute approximate surface area is 122 Å². The third-order valence-electron chi connectivity index (χ3n) is 4.08. The summed E-state index contributed by atoms with van der Waals surface area (Å²) in [4.78, 5) is 2.21. The van der Waals surface area contributed by atoms with Gasteiger partial charge in [-0.3, -0.25) is 0 Å². The Bertz CT molecular complexity index is 431. The van der Waals surface area contributed by atoms with E-state index in [1.54, 1.807) is 6.07 Å². The Morgan fingerprint density at radius 2 is 2.10 bits per heavy atom. The van der Waals surface area contributed by atoms with Gasteiger partial charge in [0.15, 0.2) is 0 Å². The van der Waals surface area contributed by atoms with Crippen LogP contribution < -0.4 is 10.2 Å². The average Bonchev–Trinajstić information content (AvgIpc) is 2.61. The van der Waals surface area contributed by atoms with Crippen molar-refractivity contribution in [3.8, 4) is 0 Å². The van der Waals surface area contributed by atoms with Gasteiger partial charge in [-0.1, -0.05) is 26.8 Å². The Balaban J connectivity index is 2.05. The molecular weight excluding hydrogens is 251 g/mol. The monoisotopic (exact) mass is 278 g/mol. The molecule has 1 fully saturated rings. The number of anilines is 1. The fourth-order valence-electron chi connectivity index (χ4n) is 2.74. The van der Waals surface area contributed by atoms with Crippen LogP contribution in [0.15, 0.2) is 18.2 Å². The molecule has 2 rings (SSSR count). The first kappa shape index (κ1) is 15.3. The minimum atomic E-state index is -0.0809. The molecule has 1 unspecified atom stereocenters. The second-order valence-electron chi connectivity index (χ2n) is 6.34. The first-order valence-electron chi connectivity index (χ1n) is 7.83. The number of hydrogen-bond donors (Lipinski definition) is 1. The SMILES string of the molecule is CC1CCCN(c2ccc(CNC(C)C)cc2F)CC1. The molecule has 0 aromatic heterocycles. The normalized spacial score (nSPS) is 20.2. The van der Waals surface area contributed by atoms with Gasteiger partial charge in [0.1, 0.15) is 5.82 Å². The summed E-state index contributed by atoms with van der Waals surface area (Å²) in [6.07, 6.45) is 3.59. The Kier molecular flexibility index (Phi) is 5.41. The first-order chi connectivity index (χ1) is 9.56. The molecule has 1 N–H and O–H groups in total. The maximum absolute atomic E-state index is 14.3. The van der Waals surface area contributed by atoms with E-state index in [9.17, 15) is 4.39 Å². The van der Waals surface area contributed by atoms with E-state index in [1.807, 2.05) is 12.1 Å². The zero-order valence-electron chi connectivity index (χ0n) is 13.0. The summed E-state index contributed by atoms with van der Waals surface area (Å²) in [5.41, 5.74) is 1.79. The molecule has 2 nitrogen and oxygen atoms in total. The van der Waals surface area contributed by atoms with Crippen LogP contribution in [0.2, 0.25) is 0 Å². The summed E-state index contributed by atoms with van der Waals surface area (Å²) >= 11 is 0. The van der Waals surface area contributed by atoms with Crippen molar-refractivity contribution in [1.82, 2.24) is 5.32 Å². The van der Waals surface area contributed by atoms with Crippen molar-refractivity contribution < 1.29 is 4.39 Å². The predicted molar refractivity (Wildman–Crippen MR) is 83.6 cm³/mol. The van der Waals surface area contributed by atoms with Gasteiger partial charge in [0.25, 0.3) is 0 Å². The highest BCUT2D eigenvalue weighted by atomic mass is 19.1. The lowest BCUT2D eigenvalue weighted by atomic mass is 10.0. The van der Waals surface area contributed by atoms with Gasteiger partial charge >= 0.3 is 0 Å². The fourth-order valence-corrected chi connectivity index (χ4v) is 2.74. The van der Waals surface area contributed by atoms with Crippen LogP contribution in [0.3, 0.4) is 0 Å². The van der Waals surface area contributed by atoms with E-state index < -0.39 is 0 Å². The summed E-state index contributed by atoms with van der Waals surface area (Å²) in [5, 5.41) is 3.32. The number of benzene rings is 1. The molecule has 0 aliphatic carbocycles. The quantitative estimate of drug-likeness (QED) is 0.897. The zero-order chi connectivity index (χ0) is 14.5. The third kappa shape index (κ3) is 4.20. The highest BCUT2D eigenvalue weighted by Crippen LogP contribution is 2.25. The molecule has 112 valence electrons. The van der Waals surface area contributed by atoms with Gasteiger partial charge in [-0.25, -0.2) is 4.39 Å².